The number of hydrogen-bond acceptors (Lipinski definition) is 4. The third-order valence-corrected chi connectivity index (χ3v) is 3.88. The summed E-state index contributed by atoms with van der Waals surface area (Å²) in [4.78, 5) is 14.3. The van der Waals surface area contributed by atoms with Crippen LogP contribution < -0.4 is 5.32 Å². The average molecular weight is 316 g/mol. The maximum absolute atomic E-state index is 12.2. The highest BCUT2D eigenvalue weighted by atomic mass is 32.2. The quantitative estimate of drug-likeness (QED) is 0.723. The SMILES string of the molecule is O=C(CN(CCO)C1CC1)Nc1ccc(SC(F)F)cc1. The van der Waals surface area contributed by atoms with Gasteiger partial charge in [0, 0.05) is 23.2 Å². The van der Waals surface area contributed by atoms with Gasteiger partial charge in [-0.15, -0.1) is 0 Å². The number of nitrogens with zero attached hydrogens (tertiary/aromatic N) is 1. The van der Waals surface area contributed by atoms with E-state index in [9.17, 15) is 13.6 Å². The van der Waals surface area contributed by atoms with Crippen LogP contribution >= 0.6 is 11.8 Å². The zero-order valence-corrected chi connectivity index (χ0v) is 12.3. The van der Waals surface area contributed by atoms with Crippen molar-refractivity contribution in [3.8, 4) is 0 Å². The van der Waals surface area contributed by atoms with E-state index < -0.39 is 5.76 Å². The van der Waals surface area contributed by atoms with Crippen molar-refractivity contribution in [1.29, 1.82) is 0 Å². The van der Waals surface area contributed by atoms with Gasteiger partial charge in [-0.3, -0.25) is 9.69 Å². The maximum atomic E-state index is 12.2. The van der Waals surface area contributed by atoms with Gasteiger partial charge in [0.2, 0.25) is 5.91 Å². The highest BCUT2D eigenvalue weighted by Gasteiger charge is 2.29. The van der Waals surface area contributed by atoms with E-state index in [2.05, 4.69) is 5.32 Å². The number of aliphatic hydroxyl groups is 1. The Kier molecular flexibility index (Phi) is 5.96. The van der Waals surface area contributed by atoms with Gasteiger partial charge in [0.1, 0.15) is 0 Å². The van der Waals surface area contributed by atoms with E-state index in [1.165, 1.54) is 0 Å². The van der Waals surface area contributed by atoms with Gasteiger partial charge in [-0.25, -0.2) is 0 Å². The minimum atomic E-state index is -2.45. The second-order valence-electron chi connectivity index (χ2n) is 4.88. The average Bonchev–Trinajstić information content (AvgIpc) is 3.24. The van der Waals surface area contributed by atoms with Gasteiger partial charge < -0.3 is 10.4 Å². The van der Waals surface area contributed by atoms with Gasteiger partial charge in [0.15, 0.2) is 0 Å². The summed E-state index contributed by atoms with van der Waals surface area (Å²) in [5.41, 5.74) is 0.582. The molecular weight excluding hydrogens is 298 g/mol. The predicted molar refractivity (Wildman–Crippen MR) is 78.6 cm³/mol. The summed E-state index contributed by atoms with van der Waals surface area (Å²) >= 11 is 0.473. The van der Waals surface area contributed by atoms with Crippen LogP contribution in [-0.4, -0.2) is 47.4 Å². The van der Waals surface area contributed by atoms with E-state index in [0.717, 1.165) is 12.8 Å². The van der Waals surface area contributed by atoms with E-state index in [-0.39, 0.29) is 19.1 Å². The number of carbonyl (C=O) groups is 1. The maximum Gasteiger partial charge on any atom is 0.288 e. The second kappa shape index (κ2) is 7.72. The molecule has 1 aliphatic carbocycles. The first kappa shape index (κ1) is 16.2. The van der Waals surface area contributed by atoms with Gasteiger partial charge in [-0.2, -0.15) is 8.78 Å². The minimum Gasteiger partial charge on any atom is -0.395 e. The van der Waals surface area contributed by atoms with Crippen LogP contribution in [0.1, 0.15) is 12.8 Å². The van der Waals surface area contributed by atoms with Crippen molar-refractivity contribution in [2.45, 2.75) is 29.5 Å². The molecule has 2 N–H and O–H groups in total. The van der Waals surface area contributed by atoms with Crippen molar-refractivity contribution in [2.75, 3.05) is 25.0 Å². The third kappa shape index (κ3) is 5.61. The molecule has 0 aromatic heterocycles. The van der Waals surface area contributed by atoms with E-state index in [1.807, 2.05) is 4.90 Å². The van der Waals surface area contributed by atoms with Gasteiger partial charge in [0.05, 0.1) is 13.2 Å². The number of aliphatic hydroxyl groups excluding tert-OH is 1. The topological polar surface area (TPSA) is 52.6 Å². The summed E-state index contributed by atoms with van der Waals surface area (Å²) in [5.74, 6) is -2.61. The highest BCUT2D eigenvalue weighted by Crippen LogP contribution is 2.27. The molecular formula is C14H18F2N2O2S. The number of alkyl halides is 2. The molecule has 0 saturated heterocycles. The highest BCUT2D eigenvalue weighted by molar-refractivity contribution is 7.99. The van der Waals surface area contributed by atoms with Crippen LogP contribution in [0.2, 0.25) is 0 Å². The first-order valence-corrected chi connectivity index (χ1v) is 7.66. The molecule has 116 valence electrons. The first-order valence-electron chi connectivity index (χ1n) is 6.78. The van der Waals surface area contributed by atoms with Crippen LogP contribution in [0.4, 0.5) is 14.5 Å². The number of nitrogens with one attached hydrogen (secondary N) is 1. The Morgan fingerprint density at radius 1 is 1.38 bits per heavy atom. The molecule has 0 bridgehead atoms. The summed E-state index contributed by atoms with van der Waals surface area (Å²) in [5, 5.41) is 11.7. The fourth-order valence-electron chi connectivity index (χ4n) is 2.06. The molecule has 0 heterocycles. The Morgan fingerprint density at radius 3 is 2.57 bits per heavy atom. The molecule has 0 spiro atoms. The molecule has 0 radical (unpaired) electrons. The summed E-state index contributed by atoms with van der Waals surface area (Å²) < 4.78 is 24.4. The van der Waals surface area contributed by atoms with Gasteiger partial charge in [-0.1, -0.05) is 11.8 Å². The Labute approximate surface area is 126 Å². The van der Waals surface area contributed by atoms with E-state index in [1.54, 1.807) is 24.3 Å². The van der Waals surface area contributed by atoms with Crippen molar-refractivity contribution in [1.82, 2.24) is 4.90 Å². The molecule has 0 atom stereocenters. The van der Waals surface area contributed by atoms with Crippen LogP contribution in [0.15, 0.2) is 29.2 Å². The number of halogens is 2. The number of rotatable bonds is 8. The summed E-state index contributed by atoms with van der Waals surface area (Å²) in [6, 6.07) is 6.72. The molecule has 1 aromatic rings. The predicted octanol–water partition coefficient (Wildman–Crippen LogP) is 2.40. The molecule has 1 aromatic carbocycles. The molecule has 21 heavy (non-hydrogen) atoms. The Morgan fingerprint density at radius 2 is 2.05 bits per heavy atom. The van der Waals surface area contributed by atoms with Gasteiger partial charge >= 0.3 is 0 Å². The molecule has 1 saturated carbocycles. The number of amides is 1. The molecule has 2 rings (SSSR count). The molecule has 1 aliphatic rings. The first-order chi connectivity index (χ1) is 10.1. The fourth-order valence-corrected chi connectivity index (χ4v) is 2.56. The Hall–Kier alpha value is -1.18. The summed E-state index contributed by atoms with van der Waals surface area (Å²) in [6.07, 6.45) is 2.12. The van der Waals surface area contributed by atoms with Crippen molar-refractivity contribution >= 4 is 23.4 Å². The van der Waals surface area contributed by atoms with Crippen molar-refractivity contribution in [3.05, 3.63) is 24.3 Å². The number of hydrogen-bond donors (Lipinski definition) is 2. The van der Waals surface area contributed by atoms with Gasteiger partial charge in [-0.05, 0) is 37.1 Å². The van der Waals surface area contributed by atoms with Gasteiger partial charge in [0.25, 0.3) is 5.76 Å². The van der Waals surface area contributed by atoms with E-state index >= 15 is 0 Å². The second-order valence-corrected chi connectivity index (χ2v) is 5.94. The van der Waals surface area contributed by atoms with Crippen molar-refractivity contribution in [2.24, 2.45) is 0 Å². The molecule has 0 aliphatic heterocycles. The van der Waals surface area contributed by atoms with Crippen molar-refractivity contribution in [3.63, 3.8) is 0 Å². The zero-order chi connectivity index (χ0) is 15.2. The number of anilines is 1. The standard InChI is InChI=1S/C14H18F2N2O2S/c15-14(16)21-12-5-1-10(2-6-12)17-13(20)9-18(7-8-19)11-3-4-11/h1-2,5-6,11,14,19H,3-4,7-9H2,(H,17,20). The summed E-state index contributed by atoms with van der Waals surface area (Å²) in [7, 11) is 0. The molecule has 1 fully saturated rings. The minimum absolute atomic E-state index is 0.0311. The van der Waals surface area contributed by atoms with Crippen molar-refractivity contribution < 1.29 is 18.7 Å². The Balaban J connectivity index is 1.84. The molecule has 7 heteroatoms. The monoisotopic (exact) mass is 316 g/mol. The zero-order valence-electron chi connectivity index (χ0n) is 11.5. The normalized spacial score (nSPS) is 14.7. The van der Waals surface area contributed by atoms with E-state index in [4.69, 9.17) is 5.11 Å². The Bertz CT molecular complexity index is 467. The number of thioether (sulfide) groups is 1. The van der Waals surface area contributed by atoms with Crippen LogP contribution in [0.25, 0.3) is 0 Å². The lowest BCUT2D eigenvalue weighted by Crippen LogP contribution is -2.36. The lowest BCUT2D eigenvalue weighted by Gasteiger charge is -2.20. The number of carbonyl (C=O) groups excluding carboxylic acids is 1. The molecule has 0 unspecified atom stereocenters. The van der Waals surface area contributed by atoms with Crippen LogP contribution in [0, 0.1) is 0 Å². The lowest BCUT2D eigenvalue weighted by molar-refractivity contribution is -0.117. The number of benzene rings is 1. The lowest BCUT2D eigenvalue weighted by atomic mass is 10.3. The largest absolute Gasteiger partial charge is 0.395 e. The van der Waals surface area contributed by atoms with Crippen LogP contribution in [0.5, 0.6) is 0 Å². The third-order valence-electron chi connectivity index (χ3n) is 3.16. The smallest absolute Gasteiger partial charge is 0.288 e. The molecule has 1 amide bonds. The summed E-state index contributed by atoms with van der Waals surface area (Å²) in [6.45, 7) is 0.754. The fraction of sp³-hybridized carbons (Fsp3) is 0.500. The van der Waals surface area contributed by atoms with Crippen LogP contribution in [-0.2, 0) is 4.79 Å². The van der Waals surface area contributed by atoms with Crippen LogP contribution in [0.3, 0.4) is 0 Å². The molecule has 4 nitrogen and oxygen atoms in total. The van der Waals surface area contributed by atoms with E-state index in [0.29, 0.717) is 34.9 Å².